The van der Waals surface area contributed by atoms with Gasteiger partial charge in [0, 0.05) is 67.2 Å². The second kappa shape index (κ2) is 8.71. The van der Waals surface area contributed by atoms with Gasteiger partial charge in [-0.2, -0.15) is 0 Å². The second-order valence-electron chi connectivity index (χ2n) is 8.86. The molecule has 3 aromatic carbocycles. The number of hydrogen-bond donors (Lipinski definition) is 0. The van der Waals surface area contributed by atoms with Gasteiger partial charge in [-0.05, 0) is 63.6 Å². The van der Waals surface area contributed by atoms with Crippen LogP contribution in [-0.4, -0.2) is 32.1 Å². The van der Waals surface area contributed by atoms with Gasteiger partial charge in [0.05, 0.1) is 5.56 Å². The van der Waals surface area contributed by atoms with Crippen molar-refractivity contribution in [3.8, 4) is 11.5 Å². The highest BCUT2D eigenvalue weighted by molar-refractivity contribution is 5.93. The maximum Gasteiger partial charge on any atom is 0.339 e. The Hall–Kier alpha value is -3.47. The van der Waals surface area contributed by atoms with Crippen LogP contribution in [0.2, 0.25) is 0 Å². The molecule has 176 valence electrons. The van der Waals surface area contributed by atoms with Crippen molar-refractivity contribution < 1.29 is 14.3 Å². The normalized spacial score (nSPS) is 15.0. The van der Waals surface area contributed by atoms with Gasteiger partial charge in [-0.1, -0.05) is 18.2 Å². The second-order valence-corrected chi connectivity index (χ2v) is 8.86. The molecule has 1 spiro atoms. The monoisotopic (exact) mass is 456 g/mol. The third kappa shape index (κ3) is 3.42. The molecule has 2 heterocycles. The molecule has 0 aliphatic carbocycles. The van der Waals surface area contributed by atoms with Crippen molar-refractivity contribution in [2.45, 2.75) is 39.7 Å². The summed E-state index contributed by atoms with van der Waals surface area (Å²) in [4.78, 5) is 17.8. The fourth-order valence-electron chi connectivity index (χ4n) is 5.38. The van der Waals surface area contributed by atoms with E-state index in [1.807, 2.05) is 24.3 Å². The summed E-state index contributed by atoms with van der Waals surface area (Å²) in [5.41, 5.74) is 4.72. The van der Waals surface area contributed by atoms with E-state index < -0.39 is 5.60 Å². The number of fused-ring (bicyclic) bond motifs is 5. The van der Waals surface area contributed by atoms with Crippen molar-refractivity contribution >= 4 is 17.3 Å². The molecular formula is C29H32N2O3. The molecule has 0 bridgehead atoms. The quantitative estimate of drug-likeness (QED) is 0.417. The Morgan fingerprint density at radius 2 is 1.29 bits per heavy atom. The van der Waals surface area contributed by atoms with Crippen LogP contribution in [0.1, 0.15) is 54.7 Å². The Kier molecular flexibility index (Phi) is 5.72. The molecule has 5 heteroatoms. The molecule has 0 N–H and O–H groups in total. The molecule has 0 saturated heterocycles. The predicted molar refractivity (Wildman–Crippen MR) is 136 cm³/mol. The van der Waals surface area contributed by atoms with E-state index in [-0.39, 0.29) is 5.97 Å². The minimum atomic E-state index is -0.919. The van der Waals surface area contributed by atoms with Gasteiger partial charge in [0.1, 0.15) is 11.5 Å². The fourth-order valence-corrected chi connectivity index (χ4v) is 5.38. The Morgan fingerprint density at radius 1 is 0.765 bits per heavy atom. The van der Waals surface area contributed by atoms with Gasteiger partial charge in [0.2, 0.25) is 0 Å². The third-order valence-electron chi connectivity index (χ3n) is 7.22. The summed E-state index contributed by atoms with van der Waals surface area (Å²) in [5, 5.41) is 0. The number of nitrogens with zero attached hydrogens (tertiary/aromatic N) is 2. The molecule has 0 amide bonds. The molecule has 0 unspecified atom stereocenters. The van der Waals surface area contributed by atoms with Crippen molar-refractivity contribution in [2.24, 2.45) is 0 Å². The van der Waals surface area contributed by atoms with E-state index in [2.05, 4.69) is 73.9 Å². The highest BCUT2D eigenvalue weighted by Crippen LogP contribution is 2.54. The zero-order valence-corrected chi connectivity index (χ0v) is 20.4. The molecule has 5 rings (SSSR count). The number of esters is 1. The third-order valence-corrected chi connectivity index (χ3v) is 7.22. The van der Waals surface area contributed by atoms with Crippen LogP contribution < -0.4 is 14.5 Å². The summed E-state index contributed by atoms with van der Waals surface area (Å²) in [7, 11) is 0. The fraction of sp³-hybridized carbons (Fsp3) is 0.345. The van der Waals surface area contributed by atoms with Crippen molar-refractivity contribution in [2.75, 3.05) is 36.0 Å². The molecule has 34 heavy (non-hydrogen) atoms. The first-order chi connectivity index (χ1) is 16.5. The number of benzene rings is 3. The molecule has 2 aliphatic rings. The zero-order chi connectivity index (χ0) is 23.9. The Morgan fingerprint density at radius 3 is 1.82 bits per heavy atom. The summed E-state index contributed by atoms with van der Waals surface area (Å²) >= 11 is 0. The number of ether oxygens (including phenoxy) is 2. The van der Waals surface area contributed by atoms with E-state index in [0.29, 0.717) is 12.0 Å². The van der Waals surface area contributed by atoms with Crippen molar-refractivity contribution in [3.05, 3.63) is 82.9 Å². The number of anilines is 2. The zero-order valence-electron chi connectivity index (χ0n) is 20.4. The molecule has 0 saturated carbocycles. The van der Waals surface area contributed by atoms with Gasteiger partial charge >= 0.3 is 5.97 Å². The van der Waals surface area contributed by atoms with E-state index in [4.69, 9.17) is 9.47 Å². The van der Waals surface area contributed by atoms with Crippen LogP contribution in [0.4, 0.5) is 11.4 Å². The van der Waals surface area contributed by atoms with Gasteiger partial charge in [-0.15, -0.1) is 0 Å². The van der Waals surface area contributed by atoms with Crippen molar-refractivity contribution in [1.82, 2.24) is 0 Å². The lowest BCUT2D eigenvalue weighted by molar-refractivity contribution is -0.0112. The first-order valence-corrected chi connectivity index (χ1v) is 12.3. The molecule has 0 fully saturated rings. The molecule has 5 nitrogen and oxygen atoms in total. The summed E-state index contributed by atoms with van der Waals surface area (Å²) < 4.78 is 12.9. The molecular weight excluding hydrogens is 424 g/mol. The first kappa shape index (κ1) is 22.3. The van der Waals surface area contributed by atoms with E-state index in [1.54, 1.807) is 0 Å². The minimum Gasteiger partial charge on any atom is -0.456 e. The van der Waals surface area contributed by atoms with E-state index in [0.717, 1.165) is 65.7 Å². The lowest BCUT2D eigenvalue weighted by Crippen LogP contribution is -2.42. The minimum absolute atomic E-state index is 0.290. The van der Waals surface area contributed by atoms with Crippen LogP contribution in [-0.2, 0) is 16.8 Å². The molecule has 3 aromatic rings. The summed E-state index contributed by atoms with van der Waals surface area (Å²) in [6.07, 6.45) is 0.577. The first-order valence-electron chi connectivity index (χ1n) is 12.3. The van der Waals surface area contributed by atoms with Crippen molar-refractivity contribution in [1.29, 1.82) is 0 Å². The topological polar surface area (TPSA) is 42.0 Å². The smallest absolute Gasteiger partial charge is 0.339 e. The maximum atomic E-state index is 13.2. The van der Waals surface area contributed by atoms with Gasteiger partial charge in [0.25, 0.3) is 0 Å². The average Bonchev–Trinajstić information content (AvgIpc) is 2.85. The van der Waals surface area contributed by atoms with E-state index in [9.17, 15) is 4.79 Å². The Bertz CT molecular complexity index is 1170. The summed E-state index contributed by atoms with van der Waals surface area (Å²) in [6, 6.07) is 20.3. The largest absolute Gasteiger partial charge is 0.456 e. The van der Waals surface area contributed by atoms with Crippen molar-refractivity contribution in [3.63, 3.8) is 0 Å². The number of carbonyl (C=O) groups excluding carboxylic acids is 1. The number of carbonyl (C=O) groups is 1. The van der Waals surface area contributed by atoms with Crippen LogP contribution in [0.5, 0.6) is 11.5 Å². The van der Waals surface area contributed by atoms with Gasteiger partial charge in [-0.25, -0.2) is 4.79 Å². The Labute approximate surface area is 201 Å². The number of rotatable bonds is 6. The summed E-state index contributed by atoms with van der Waals surface area (Å²) in [5.74, 6) is 1.21. The highest BCUT2D eigenvalue weighted by Gasteiger charge is 2.49. The van der Waals surface area contributed by atoms with Crippen LogP contribution >= 0.6 is 0 Å². The predicted octanol–water partition coefficient (Wildman–Crippen LogP) is 6.14. The maximum absolute atomic E-state index is 13.2. The molecule has 2 aliphatic heterocycles. The van der Waals surface area contributed by atoms with Gasteiger partial charge < -0.3 is 19.3 Å². The molecule has 0 aromatic heterocycles. The van der Waals surface area contributed by atoms with Crippen LogP contribution in [0.15, 0.2) is 60.7 Å². The average molecular weight is 457 g/mol. The van der Waals surface area contributed by atoms with Crippen LogP contribution in [0, 0.1) is 0 Å². The summed E-state index contributed by atoms with van der Waals surface area (Å²) in [6.45, 7) is 12.2. The molecule has 0 radical (unpaired) electrons. The molecule has 0 atom stereocenters. The number of hydrogen-bond acceptors (Lipinski definition) is 5. The van der Waals surface area contributed by atoms with Crippen LogP contribution in [0.25, 0.3) is 0 Å². The Balaban J connectivity index is 1.71. The van der Waals surface area contributed by atoms with E-state index >= 15 is 0 Å². The SMILES string of the molecule is CCN(CC)c1ccc2c(c1)Oc1cc(N(CC)CC)ccc1C21Cc2ccccc2C(=O)O1. The highest BCUT2D eigenvalue weighted by atomic mass is 16.6. The lowest BCUT2D eigenvalue weighted by atomic mass is 9.76. The standard InChI is InChI=1S/C29H32N2O3/c1-5-30(6-2)21-13-15-24-26(17-21)33-27-18-22(31(7-3)8-4)14-16-25(27)29(24)19-20-11-9-10-12-23(20)28(32)34-29/h9-18H,5-8,19H2,1-4H3. The van der Waals surface area contributed by atoms with E-state index in [1.165, 1.54) is 0 Å². The van der Waals surface area contributed by atoms with Gasteiger partial charge in [0.15, 0.2) is 5.60 Å². The van der Waals surface area contributed by atoms with Crippen LogP contribution in [0.3, 0.4) is 0 Å². The lowest BCUT2D eigenvalue weighted by Gasteiger charge is -2.43. The van der Waals surface area contributed by atoms with Gasteiger partial charge in [-0.3, -0.25) is 0 Å².